The molecule has 0 aliphatic heterocycles. The zero-order valence-electron chi connectivity index (χ0n) is 20.2. The number of nitrogens with one attached hydrogen (secondary N) is 2. The third-order valence-electron chi connectivity index (χ3n) is 4.47. The highest BCUT2D eigenvalue weighted by Crippen LogP contribution is 2.30. The highest BCUT2D eigenvalue weighted by atomic mass is 16.8. The molecule has 1 heterocycles. The largest absolute Gasteiger partial charge is 0.511 e. The zero-order valence-corrected chi connectivity index (χ0v) is 20.2. The van der Waals surface area contributed by atoms with E-state index in [1.54, 1.807) is 68.4 Å². The van der Waals surface area contributed by atoms with Gasteiger partial charge < -0.3 is 30.6 Å². The second-order valence-corrected chi connectivity index (χ2v) is 7.69. The van der Waals surface area contributed by atoms with E-state index in [9.17, 15) is 14.4 Å². The third kappa shape index (κ3) is 8.62. The molecule has 0 aliphatic rings. The Hall–Kier alpha value is -5.00. The van der Waals surface area contributed by atoms with Gasteiger partial charge in [-0.2, -0.15) is 0 Å². The van der Waals surface area contributed by atoms with Gasteiger partial charge in [-0.25, -0.2) is 9.78 Å². The first-order valence-corrected chi connectivity index (χ1v) is 11.2. The Morgan fingerprint density at radius 1 is 0.946 bits per heavy atom. The molecule has 192 valence electrons. The van der Waals surface area contributed by atoms with Crippen LogP contribution in [0.4, 0.5) is 27.8 Å². The average Bonchev–Trinajstić information content (AvgIpc) is 2.87. The van der Waals surface area contributed by atoms with E-state index in [1.165, 1.54) is 12.1 Å². The summed E-state index contributed by atoms with van der Waals surface area (Å²) in [5, 5.41) is 13.3. The van der Waals surface area contributed by atoms with Crippen LogP contribution in [0, 0.1) is 0 Å². The number of pyridine rings is 1. The molecule has 0 saturated carbocycles. The Kier molecular flexibility index (Phi) is 9.48. The van der Waals surface area contributed by atoms with Gasteiger partial charge in [-0.3, -0.25) is 9.59 Å². The van der Waals surface area contributed by atoms with Crippen LogP contribution in [0.2, 0.25) is 0 Å². The Morgan fingerprint density at radius 2 is 1.65 bits per heavy atom. The van der Waals surface area contributed by atoms with E-state index in [2.05, 4.69) is 25.8 Å². The molecule has 0 spiro atoms. The van der Waals surface area contributed by atoms with Crippen molar-refractivity contribution in [2.45, 2.75) is 20.0 Å². The topological polar surface area (TPSA) is 167 Å². The van der Waals surface area contributed by atoms with E-state index in [1.807, 2.05) is 0 Å². The van der Waals surface area contributed by atoms with Crippen molar-refractivity contribution < 1.29 is 28.6 Å². The van der Waals surface area contributed by atoms with Crippen LogP contribution in [0.15, 0.2) is 77.0 Å². The number of nitrogens with zero attached hydrogens (tertiary/aromatic N) is 3. The zero-order chi connectivity index (χ0) is 26.6. The molecule has 4 N–H and O–H groups in total. The maximum absolute atomic E-state index is 12.2. The van der Waals surface area contributed by atoms with E-state index >= 15 is 0 Å². The summed E-state index contributed by atoms with van der Waals surface area (Å²) in [7, 11) is 0. The van der Waals surface area contributed by atoms with Crippen LogP contribution in [-0.2, 0) is 14.3 Å². The van der Waals surface area contributed by atoms with Gasteiger partial charge in [0.25, 0.3) is 5.91 Å². The molecule has 12 nitrogen and oxygen atoms in total. The lowest BCUT2D eigenvalue weighted by atomic mass is 10.2. The van der Waals surface area contributed by atoms with Crippen LogP contribution < -0.4 is 21.1 Å². The number of nitrogens with two attached hydrogens (primary N) is 1. The standard InChI is InChI=1S/C25H26N6O6/c1-16(2)37-25(34)36-15-35-20-11-7-6-10-18(20)30-31-19-12-13-21(29-23(19)26)28-22(32)14-27-24(33)17-8-4-3-5-9-17/h3-13,16H,14-15H2,1-2H3,(H,27,33)(H3,26,28,29,32). The van der Waals surface area contributed by atoms with Crippen molar-refractivity contribution in [3.8, 4) is 5.75 Å². The molecule has 0 atom stereocenters. The number of amides is 2. The van der Waals surface area contributed by atoms with Crippen LogP contribution in [-0.4, -0.2) is 42.4 Å². The number of carbonyl (C=O) groups excluding carboxylic acids is 3. The highest BCUT2D eigenvalue weighted by Gasteiger charge is 2.11. The van der Waals surface area contributed by atoms with E-state index in [-0.39, 0.29) is 42.7 Å². The molecule has 0 radical (unpaired) electrons. The van der Waals surface area contributed by atoms with Crippen molar-refractivity contribution in [2.24, 2.45) is 10.2 Å². The fourth-order valence-electron chi connectivity index (χ4n) is 2.80. The van der Waals surface area contributed by atoms with Crippen LogP contribution in [0.25, 0.3) is 0 Å². The second kappa shape index (κ2) is 13.2. The number of anilines is 2. The minimum atomic E-state index is -0.848. The molecule has 0 unspecified atom stereocenters. The number of rotatable bonds is 10. The average molecular weight is 507 g/mol. The Labute approximate surface area is 212 Å². The number of azo groups is 1. The lowest BCUT2D eigenvalue weighted by Crippen LogP contribution is -2.33. The van der Waals surface area contributed by atoms with Gasteiger partial charge in [0, 0.05) is 5.56 Å². The maximum atomic E-state index is 12.2. The van der Waals surface area contributed by atoms with Gasteiger partial charge in [0.2, 0.25) is 12.7 Å². The quantitative estimate of drug-likeness (QED) is 0.207. The Balaban J connectivity index is 1.55. The minimum absolute atomic E-state index is 0.0213. The first kappa shape index (κ1) is 26.6. The minimum Gasteiger partial charge on any atom is -0.455 e. The first-order chi connectivity index (χ1) is 17.8. The van der Waals surface area contributed by atoms with Crippen LogP contribution >= 0.6 is 0 Å². The molecular weight excluding hydrogens is 480 g/mol. The smallest absolute Gasteiger partial charge is 0.455 e. The second-order valence-electron chi connectivity index (χ2n) is 7.69. The van der Waals surface area contributed by atoms with E-state index < -0.39 is 12.1 Å². The fraction of sp³-hybridized carbons (Fsp3) is 0.200. The number of benzene rings is 2. The van der Waals surface area contributed by atoms with Crippen molar-refractivity contribution in [3.05, 3.63) is 72.3 Å². The number of carbonyl (C=O) groups is 3. The van der Waals surface area contributed by atoms with Crippen LogP contribution in [0.1, 0.15) is 24.2 Å². The number of hydrogen-bond donors (Lipinski definition) is 3. The van der Waals surface area contributed by atoms with E-state index in [0.29, 0.717) is 17.0 Å². The molecule has 2 amide bonds. The lowest BCUT2D eigenvalue weighted by molar-refractivity contribution is -0.115. The molecule has 0 bridgehead atoms. The maximum Gasteiger partial charge on any atom is 0.511 e. The molecule has 1 aromatic heterocycles. The summed E-state index contributed by atoms with van der Waals surface area (Å²) >= 11 is 0. The molecule has 12 heteroatoms. The van der Waals surface area contributed by atoms with Gasteiger partial charge >= 0.3 is 6.16 Å². The van der Waals surface area contributed by atoms with Gasteiger partial charge in [-0.05, 0) is 50.2 Å². The van der Waals surface area contributed by atoms with Crippen molar-refractivity contribution in [1.29, 1.82) is 0 Å². The number of aromatic nitrogens is 1. The lowest BCUT2D eigenvalue weighted by Gasteiger charge is -2.10. The summed E-state index contributed by atoms with van der Waals surface area (Å²) in [5.41, 5.74) is 7.01. The van der Waals surface area contributed by atoms with Crippen molar-refractivity contribution in [2.75, 3.05) is 24.4 Å². The summed E-state index contributed by atoms with van der Waals surface area (Å²) in [6, 6.07) is 18.3. The molecular formula is C25H26N6O6. The van der Waals surface area contributed by atoms with Gasteiger partial charge in [0.15, 0.2) is 11.6 Å². The summed E-state index contributed by atoms with van der Waals surface area (Å²) in [6.45, 7) is 2.78. The fourth-order valence-corrected chi connectivity index (χ4v) is 2.80. The molecule has 0 fully saturated rings. The molecule has 3 aromatic rings. The number of hydrogen-bond acceptors (Lipinski definition) is 10. The summed E-state index contributed by atoms with van der Waals surface area (Å²) in [5.74, 6) is -0.324. The number of ether oxygens (including phenoxy) is 3. The van der Waals surface area contributed by atoms with Gasteiger partial charge in [-0.1, -0.05) is 30.3 Å². The van der Waals surface area contributed by atoms with Crippen LogP contribution in [0.5, 0.6) is 5.75 Å². The number of para-hydroxylation sites is 1. The molecule has 0 saturated heterocycles. The highest BCUT2D eigenvalue weighted by molar-refractivity contribution is 5.99. The predicted molar refractivity (Wildman–Crippen MR) is 135 cm³/mol. The monoisotopic (exact) mass is 506 g/mol. The molecule has 37 heavy (non-hydrogen) atoms. The van der Waals surface area contributed by atoms with Gasteiger partial charge in [0.05, 0.1) is 12.6 Å². The Bertz CT molecular complexity index is 1270. The van der Waals surface area contributed by atoms with E-state index in [4.69, 9.17) is 19.9 Å². The van der Waals surface area contributed by atoms with Crippen molar-refractivity contribution >= 4 is 41.0 Å². The first-order valence-electron chi connectivity index (χ1n) is 11.2. The third-order valence-corrected chi connectivity index (χ3v) is 4.47. The van der Waals surface area contributed by atoms with Crippen LogP contribution in [0.3, 0.4) is 0 Å². The Morgan fingerprint density at radius 3 is 2.38 bits per heavy atom. The summed E-state index contributed by atoms with van der Waals surface area (Å²) < 4.78 is 15.2. The van der Waals surface area contributed by atoms with E-state index in [0.717, 1.165) is 0 Å². The summed E-state index contributed by atoms with van der Waals surface area (Å²) in [4.78, 5) is 39.8. The summed E-state index contributed by atoms with van der Waals surface area (Å²) in [6.07, 6.45) is -1.16. The predicted octanol–water partition coefficient (Wildman–Crippen LogP) is 4.35. The SMILES string of the molecule is CC(C)OC(=O)OCOc1ccccc1N=Nc1ccc(NC(=O)CNC(=O)c2ccccc2)nc1N. The molecule has 2 aromatic carbocycles. The molecule has 3 rings (SSSR count). The normalized spacial score (nSPS) is 10.7. The number of nitrogen functional groups attached to an aromatic ring is 1. The van der Waals surface area contributed by atoms with Gasteiger partial charge in [-0.15, -0.1) is 10.2 Å². The van der Waals surface area contributed by atoms with Gasteiger partial charge in [0.1, 0.15) is 17.2 Å². The van der Waals surface area contributed by atoms with Crippen molar-refractivity contribution in [1.82, 2.24) is 10.3 Å². The molecule has 0 aliphatic carbocycles. The van der Waals surface area contributed by atoms with Crippen molar-refractivity contribution in [3.63, 3.8) is 0 Å².